The molecule has 2 amide bonds. The molecule has 0 saturated carbocycles. The Balaban J connectivity index is 2.16. The zero-order valence-electron chi connectivity index (χ0n) is 13.0. The summed E-state index contributed by atoms with van der Waals surface area (Å²) in [5.74, 6) is 4.05. The van der Waals surface area contributed by atoms with Crippen LogP contribution in [0.25, 0.3) is 22.2 Å². The third-order valence-electron chi connectivity index (χ3n) is 4.20. The molecule has 2 aromatic carbocycles. The van der Waals surface area contributed by atoms with E-state index in [0.29, 0.717) is 33.4 Å². The van der Waals surface area contributed by atoms with Crippen LogP contribution in [0.4, 0.5) is 10.1 Å². The maximum Gasteiger partial charge on any atom is 0.266 e. The van der Waals surface area contributed by atoms with Crippen LogP contribution in [0.2, 0.25) is 0 Å². The summed E-state index contributed by atoms with van der Waals surface area (Å²) in [7, 11) is 0. The van der Waals surface area contributed by atoms with Crippen LogP contribution in [0.1, 0.15) is 15.9 Å². The monoisotopic (exact) mass is 336 g/mol. The highest BCUT2D eigenvalue weighted by atomic mass is 19.1. The number of nitrogens with two attached hydrogens (primary N) is 1. The average molecular weight is 336 g/mol. The van der Waals surface area contributed by atoms with Crippen molar-refractivity contribution in [2.45, 2.75) is 6.42 Å². The van der Waals surface area contributed by atoms with E-state index in [1.165, 1.54) is 18.2 Å². The average Bonchev–Trinajstić information content (AvgIpc) is 2.74. The Morgan fingerprint density at radius 2 is 2.04 bits per heavy atom. The van der Waals surface area contributed by atoms with E-state index in [1.807, 2.05) is 0 Å². The normalized spacial score (nSPS) is 12.8. The first-order valence-electron chi connectivity index (χ1n) is 7.61. The van der Waals surface area contributed by atoms with Crippen LogP contribution >= 0.6 is 0 Å². The van der Waals surface area contributed by atoms with Crippen molar-refractivity contribution in [2.75, 3.05) is 5.32 Å². The number of fused-ring (bicyclic) bond motifs is 4. The molecule has 25 heavy (non-hydrogen) atoms. The van der Waals surface area contributed by atoms with Gasteiger partial charge in [-0.1, -0.05) is 18.2 Å². The van der Waals surface area contributed by atoms with E-state index >= 15 is 0 Å². The van der Waals surface area contributed by atoms with Crippen LogP contribution in [0, 0.1) is 5.82 Å². The number of nitrogen functional groups attached to an aromatic ring is 1. The summed E-state index contributed by atoms with van der Waals surface area (Å²) >= 11 is 0. The molecule has 0 bridgehead atoms. The predicted octanol–water partition coefficient (Wildman–Crippen LogP) is 2.14. The van der Waals surface area contributed by atoms with Crippen molar-refractivity contribution in [3.63, 3.8) is 0 Å². The van der Waals surface area contributed by atoms with Gasteiger partial charge >= 0.3 is 0 Å². The van der Waals surface area contributed by atoms with Gasteiger partial charge in [0.1, 0.15) is 5.82 Å². The number of carbonyl (C=O) groups excluding carboxylic acids is 2. The Morgan fingerprint density at radius 3 is 2.84 bits per heavy atom. The highest BCUT2D eigenvalue weighted by Crippen LogP contribution is 2.37. The Morgan fingerprint density at radius 1 is 1.24 bits per heavy atom. The van der Waals surface area contributed by atoms with Crippen LogP contribution in [0.15, 0.2) is 42.5 Å². The minimum absolute atomic E-state index is 0.0633. The molecule has 0 spiro atoms. The number of amides is 2. The SMILES string of the molecule is NNC(=O)c1c2c(nc3ccccc13)-c1cc(F)ccc1NC(=O)C2. The van der Waals surface area contributed by atoms with E-state index in [-0.39, 0.29) is 17.9 Å². The lowest BCUT2D eigenvalue weighted by Crippen LogP contribution is -2.31. The van der Waals surface area contributed by atoms with Gasteiger partial charge < -0.3 is 5.32 Å². The second-order valence-corrected chi connectivity index (χ2v) is 5.72. The van der Waals surface area contributed by atoms with Gasteiger partial charge in [0.2, 0.25) is 5.91 Å². The zero-order valence-corrected chi connectivity index (χ0v) is 13.0. The Labute approximate surface area is 141 Å². The van der Waals surface area contributed by atoms with Gasteiger partial charge in [-0.25, -0.2) is 15.2 Å². The minimum atomic E-state index is -0.525. The number of benzene rings is 2. The van der Waals surface area contributed by atoms with E-state index in [9.17, 15) is 14.0 Å². The van der Waals surface area contributed by atoms with Crippen LogP contribution < -0.4 is 16.6 Å². The van der Waals surface area contributed by atoms with Crippen LogP contribution in [-0.4, -0.2) is 16.8 Å². The number of anilines is 1. The van der Waals surface area contributed by atoms with Crippen molar-refractivity contribution in [1.82, 2.24) is 10.4 Å². The number of halogens is 1. The molecule has 4 rings (SSSR count). The Kier molecular flexibility index (Phi) is 3.43. The van der Waals surface area contributed by atoms with E-state index in [0.717, 1.165) is 0 Å². The van der Waals surface area contributed by atoms with Crippen molar-refractivity contribution >= 4 is 28.4 Å². The van der Waals surface area contributed by atoms with Gasteiger partial charge in [0.05, 0.1) is 28.9 Å². The van der Waals surface area contributed by atoms with E-state index in [4.69, 9.17) is 5.84 Å². The molecule has 1 aliphatic rings. The Bertz CT molecular complexity index is 1050. The maximum atomic E-state index is 13.8. The molecule has 0 unspecified atom stereocenters. The van der Waals surface area contributed by atoms with Crippen molar-refractivity contribution in [3.05, 3.63) is 59.4 Å². The first-order chi connectivity index (χ1) is 12.1. The zero-order chi connectivity index (χ0) is 17.6. The molecule has 3 aromatic rings. The van der Waals surface area contributed by atoms with Crippen molar-refractivity contribution < 1.29 is 14.0 Å². The highest BCUT2D eigenvalue weighted by molar-refractivity contribution is 6.12. The molecule has 0 radical (unpaired) electrons. The molecular weight excluding hydrogens is 323 g/mol. The standard InChI is InChI=1S/C18H13FN4O2/c19-9-5-6-14-11(7-9)17-12(8-15(24)21-14)16(18(25)23-20)10-3-1-2-4-13(10)22-17/h1-7H,8,20H2,(H,21,24)(H,23,25). The third-order valence-corrected chi connectivity index (χ3v) is 4.20. The summed E-state index contributed by atoms with van der Waals surface area (Å²) < 4.78 is 13.8. The number of carbonyl (C=O) groups is 2. The molecule has 7 heteroatoms. The molecule has 0 fully saturated rings. The van der Waals surface area contributed by atoms with E-state index in [1.54, 1.807) is 24.3 Å². The van der Waals surface area contributed by atoms with Crippen molar-refractivity contribution in [3.8, 4) is 11.3 Å². The molecule has 1 aliphatic heterocycles. The van der Waals surface area contributed by atoms with Crippen LogP contribution in [0.3, 0.4) is 0 Å². The summed E-state index contributed by atoms with van der Waals surface area (Å²) in [5.41, 5.74) is 4.65. The fraction of sp³-hybridized carbons (Fsp3) is 0.0556. The van der Waals surface area contributed by atoms with E-state index in [2.05, 4.69) is 15.7 Å². The molecule has 6 nitrogen and oxygen atoms in total. The lowest BCUT2D eigenvalue weighted by atomic mass is 9.94. The van der Waals surface area contributed by atoms with Crippen LogP contribution in [0.5, 0.6) is 0 Å². The molecule has 0 atom stereocenters. The molecular formula is C18H13FN4O2. The van der Waals surface area contributed by atoms with Gasteiger partial charge in [-0.2, -0.15) is 0 Å². The lowest BCUT2D eigenvalue weighted by molar-refractivity contribution is -0.115. The lowest BCUT2D eigenvalue weighted by Gasteiger charge is -2.14. The number of hydrazine groups is 1. The molecule has 1 aromatic heterocycles. The van der Waals surface area contributed by atoms with Crippen LogP contribution in [-0.2, 0) is 11.2 Å². The number of para-hydroxylation sites is 1. The molecule has 4 N–H and O–H groups in total. The Hall–Kier alpha value is -3.32. The number of pyridine rings is 1. The molecule has 0 saturated heterocycles. The first kappa shape index (κ1) is 15.2. The number of nitrogens with one attached hydrogen (secondary N) is 2. The minimum Gasteiger partial charge on any atom is -0.325 e. The smallest absolute Gasteiger partial charge is 0.266 e. The second kappa shape index (κ2) is 5.64. The third kappa shape index (κ3) is 2.41. The predicted molar refractivity (Wildman–Crippen MR) is 91.1 cm³/mol. The van der Waals surface area contributed by atoms with Crippen molar-refractivity contribution in [1.29, 1.82) is 0 Å². The molecule has 0 aliphatic carbocycles. The molecule has 124 valence electrons. The summed E-state index contributed by atoms with van der Waals surface area (Å²) in [6.45, 7) is 0. The summed E-state index contributed by atoms with van der Waals surface area (Å²) in [6, 6.07) is 11.1. The highest BCUT2D eigenvalue weighted by Gasteiger charge is 2.27. The summed E-state index contributed by atoms with van der Waals surface area (Å²) in [4.78, 5) is 29.3. The number of aromatic nitrogens is 1. The number of hydrogen-bond acceptors (Lipinski definition) is 4. The summed E-state index contributed by atoms with van der Waals surface area (Å²) in [6.07, 6.45) is -0.0633. The number of hydrogen-bond donors (Lipinski definition) is 3. The topological polar surface area (TPSA) is 97.1 Å². The van der Waals surface area contributed by atoms with Crippen molar-refractivity contribution in [2.24, 2.45) is 5.84 Å². The fourth-order valence-corrected chi connectivity index (χ4v) is 3.15. The second-order valence-electron chi connectivity index (χ2n) is 5.72. The van der Waals surface area contributed by atoms with E-state index < -0.39 is 11.7 Å². The number of rotatable bonds is 1. The van der Waals surface area contributed by atoms with Gasteiger partial charge in [0.25, 0.3) is 5.91 Å². The summed E-state index contributed by atoms with van der Waals surface area (Å²) in [5, 5.41) is 3.31. The van der Waals surface area contributed by atoms with Gasteiger partial charge in [-0.15, -0.1) is 0 Å². The maximum absolute atomic E-state index is 13.8. The van der Waals surface area contributed by atoms with Gasteiger partial charge in [-0.05, 0) is 24.3 Å². The largest absolute Gasteiger partial charge is 0.325 e. The number of nitrogens with zero attached hydrogens (tertiary/aromatic N) is 1. The first-order valence-corrected chi connectivity index (χ1v) is 7.61. The quantitative estimate of drug-likeness (QED) is 0.360. The van der Waals surface area contributed by atoms with Gasteiger partial charge in [-0.3, -0.25) is 15.0 Å². The fourth-order valence-electron chi connectivity index (χ4n) is 3.15. The van der Waals surface area contributed by atoms with Gasteiger partial charge in [0, 0.05) is 16.5 Å². The molecule has 2 heterocycles. The van der Waals surface area contributed by atoms with Gasteiger partial charge in [0.15, 0.2) is 0 Å².